The number of carbonyl (C=O) groups excluding carboxylic acids is 2. The Bertz CT molecular complexity index is 1080. The van der Waals surface area contributed by atoms with Crippen molar-refractivity contribution in [2.45, 2.75) is 24.8 Å². The number of ether oxygens (including phenoxy) is 2. The van der Waals surface area contributed by atoms with Gasteiger partial charge >= 0.3 is 0 Å². The first-order chi connectivity index (χ1) is 15.7. The van der Waals surface area contributed by atoms with E-state index in [0.717, 1.165) is 0 Å². The fourth-order valence-electron chi connectivity index (χ4n) is 3.29. The molecule has 1 aromatic carbocycles. The highest BCUT2D eigenvalue weighted by Gasteiger charge is 2.28. The highest BCUT2D eigenvalue weighted by atomic mass is 32.2. The maximum atomic E-state index is 12.9. The van der Waals surface area contributed by atoms with E-state index >= 15 is 0 Å². The van der Waals surface area contributed by atoms with Crippen LogP contribution in [-0.2, 0) is 19.6 Å². The van der Waals surface area contributed by atoms with Crippen LogP contribution in [0.5, 0.6) is 5.88 Å². The molecule has 0 spiro atoms. The number of aromatic nitrogens is 1. The lowest BCUT2D eigenvalue weighted by molar-refractivity contribution is -0.118. The van der Waals surface area contributed by atoms with E-state index in [9.17, 15) is 18.0 Å². The molecule has 0 aliphatic carbocycles. The molecule has 10 nitrogen and oxygen atoms in total. The van der Waals surface area contributed by atoms with E-state index in [0.29, 0.717) is 24.8 Å². The predicted molar refractivity (Wildman–Crippen MR) is 122 cm³/mol. The van der Waals surface area contributed by atoms with Crippen molar-refractivity contribution >= 4 is 27.5 Å². The number of pyridine rings is 1. The van der Waals surface area contributed by atoms with E-state index in [1.807, 2.05) is 0 Å². The van der Waals surface area contributed by atoms with Gasteiger partial charge in [-0.3, -0.25) is 9.59 Å². The number of rotatable bonds is 8. The van der Waals surface area contributed by atoms with Crippen LogP contribution in [0.15, 0.2) is 47.5 Å². The van der Waals surface area contributed by atoms with Gasteiger partial charge in [-0.05, 0) is 30.2 Å². The molecule has 0 saturated carbocycles. The number of hydrogen-bond donors (Lipinski definition) is 2. The van der Waals surface area contributed by atoms with Gasteiger partial charge in [0, 0.05) is 24.7 Å². The van der Waals surface area contributed by atoms with Crippen molar-refractivity contribution in [1.82, 2.24) is 14.6 Å². The molecule has 11 heteroatoms. The molecule has 2 heterocycles. The maximum absolute atomic E-state index is 12.9. The summed E-state index contributed by atoms with van der Waals surface area (Å²) in [6.45, 7) is 4.78. The van der Waals surface area contributed by atoms with Crippen LogP contribution < -0.4 is 15.4 Å². The van der Waals surface area contributed by atoms with Crippen molar-refractivity contribution in [3.8, 4) is 5.88 Å². The van der Waals surface area contributed by atoms with E-state index in [4.69, 9.17) is 9.47 Å². The lowest BCUT2D eigenvalue weighted by Gasteiger charge is -2.26. The highest BCUT2D eigenvalue weighted by molar-refractivity contribution is 7.89. The summed E-state index contributed by atoms with van der Waals surface area (Å²) in [6.07, 6.45) is 1.45. The molecule has 0 radical (unpaired) electrons. The summed E-state index contributed by atoms with van der Waals surface area (Å²) in [6, 6.07) is 8.20. The summed E-state index contributed by atoms with van der Waals surface area (Å²) in [5, 5.41) is 5.43. The lowest BCUT2D eigenvalue weighted by atomic mass is 10.0. The van der Waals surface area contributed by atoms with Gasteiger partial charge in [-0.2, -0.15) is 4.31 Å². The molecule has 3 rings (SSSR count). The number of morpholine rings is 1. The molecule has 1 aliphatic rings. The summed E-state index contributed by atoms with van der Waals surface area (Å²) in [5.41, 5.74) is 0.605. The molecule has 1 saturated heterocycles. The van der Waals surface area contributed by atoms with Crippen molar-refractivity contribution in [2.24, 2.45) is 5.92 Å². The van der Waals surface area contributed by atoms with Gasteiger partial charge < -0.3 is 20.1 Å². The molecule has 1 fully saturated rings. The third-order valence-corrected chi connectivity index (χ3v) is 7.05. The summed E-state index contributed by atoms with van der Waals surface area (Å²) in [5.74, 6) is -0.771. The summed E-state index contributed by atoms with van der Waals surface area (Å²) in [7, 11) is -2.26. The molecule has 33 heavy (non-hydrogen) atoms. The zero-order valence-electron chi connectivity index (χ0n) is 18.8. The molecule has 178 valence electrons. The Morgan fingerprint density at radius 3 is 2.48 bits per heavy atom. The van der Waals surface area contributed by atoms with Gasteiger partial charge in [0.1, 0.15) is 6.04 Å². The third-order valence-electron chi connectivity index (χ3n) is 5.15. The molecule has 1 aromatic heterocycles. The first-order valence-electron chi connectivity index (χ1n) is 10.5. The SMILES string of the molecule is COc1ccc(NC(=O)[C@@H](NC(=O)c2cccc(S(=O)(=O)N3CCOCC3)c2)C(C)C)cn1. The zero-order valence-corrected chi connectivity index (χ0v) is 19.6. The molecule has 2 N–H and O–H groups in total. The first-order valence-corrected chi connectivity index (χ1v) is 12.0. The largest absolute Gasteiger partial charge is 0.481 e. The average Bonchev–Trinajstić information content (AvgIpc) is 2.83. The quantitative estimate of drug-likeness (QED) is 0.591. The number of amides is 2. The van der Waals surface area contributed by atoms with Gasteiger partial charge in [0.15, 0.2) is 0 Å². The third kappa shape index (κ3) is 6.06. The molecular weight excluding hydrogens is 448 g/mol. The molecule has 1 atom stereocenters. The Hall–Kier alpha value is -3.02. The molecule has 0 bridgehead atoms. The van der Waals surface area contributed by atoms with Crippen molar-refractivity contribution < 1.29 is 27.5 Å². The van der Waals surface area contributed by atoms with E-state index in [-0.39, 0.29) is 29.5 Å². The van der Waals surface area contributed by atoms with Crippen LogP contribution in [0.25, 0.3) is 0 Å². The normalized spacial score (nSPS) is 15.6. The molecular formula is C22H28N4O6S. The number of benzene rings is 1. The van der Waals surface area contributed by atoms with E-state index < -0.39 is 27.9 Å². The number of sulfonamides is 1. The van der Waals surface area contributed by atoms with Crippen LogP contribution in [0, 0.1) is 5.92 Å². The van der Waals surface area contributed by atoms with Crippen LogP contribution in [-0.4, -0.2) is 69.0 Å². The van der Waals surface area contributed by atoms with Crippen molar-refractivity contribution in [3.63, 3.8) is 0 Å². The average molecular weight is 477 g/mol. The second-order valence-corrected chi connectivity index (χ2v) is 9.76. The van der Waals surface area contributed by atoms with Crippen LogP contribution in [0.4, 0.5) is 5.69 Å². The Morgan fingerprint density at radius 1 is 1.15 bits per heavy atom. The minimum absolute atomic E-state index is 0.0203. The Kier molecular flexibility index (Phi) is 8.01. The molecule has 2 aromatic rings. The second-order valence-electron chi connectivity index (χ2n) is 7.82. The molecule has 1 aliphatic heterocycles. The topological polar surface area (TPSA) is 127 Å². The number of anilines is 1. The van der Waals surface area contributed by atoms with Crippen molar-refractivity contribution in [3.05, 3.63) is 48.2 Å². The second kappa shape index (κ2) is 10.7. The van der Waals surface area contributed by atoms with Crippen molar-refractivity contribution in [2.75, 3.05) is 38.7 Å². The predicted octanol–water partition coefficient (Wildman–Crippen LogP) is 1.50. The lowest BCUT2D eigenvalue weighted by Crippen LogP contribution is -2.47. The summed E-state index contributed by atoms with van der Waals surface area (Å²) < 4.78 is 37.4. The number of methoxy groups -OCH3 is 1. The minimum atomic E-state index is -3.75. The van der Waals surface area contributed by atoms with Gasteiger partial charge in [0.05, 0.1) is 37.1 Å². The van der Waals surface area contributed by atoms with Gasteiger partial charge in [-0.1, -0.05) is 19.9 Å². The summed E-state index contributed by atoms with van der Waals surface area (Å²) >= 11 is 0. The van der Waals surface area contributed by atoms with E-state index in [2.05, 4.69) is 15.6 Å². The number of carbonyl (C=O) groups is 2. The Labute approximate surface area is 193 Å². The maximum Gasteiger partial charge on any atom is 0.251 e. The van der Waals surface area contributed by atoms with Crippen molar-refractivity contribution in [1.29, 1.82) is 0 Å². The number of hydrogen-bond acceptors (Lipinski definition) is 7. The van der Waals surface area contributed by atoms with E-state index in [1.54, 1.807) is 26.0 Å². The Morgan fingerprint density at radius 2 is 1.88 bits per heavy atom. The monoisotopic (exact) mass is 476 g/mol. The van der Waals surface area contributed by atoms with Crippen LogP contribution >= 0.6 is 0 Å². The smallest absolute Gasteiger partial charge is 0.251 e. The van der Waals surface area contributed by atoms with E-state index in [1.165, 1.54) is 41.9 Å². The van der Waals surface area contributed by atoms with Gasteiger partial charge in [-0.25, -0.2) is 13.4 Å². The summed E-state index contributed by atoms with van der Waals surface area (Å²) in [4.78, 5) is 29.8. The molecule has 0 unspecified atom stereocenters. The van der Waals surface area contributed by atoms with Crippen LogP contribution in [0.3, 0.4) is 0 Å². The molecule has 2 amide bonds. The number of nitrogens with one attached hydrogen (secondary N) is 2. The standard InChI is InChI=1S/C22H28N4O6S/c1-15(2)20(22(28)24-17-7-8-19(31-3)23-14-17)25-21(27)16-5-4-6-18(13-16)33(29,30)26-9-11-32-12-10-26/h4-8,13-15,20H,9-12H2,1-3H3,(H,24,28)(H,25,27)/t20-/m0/s1. The van der Waals surface area contributed by atoms with Gasteiger partial charge in [0.25, 0.3) is 5.91 Å². The minimum Gasteiger partial charge on any atom is -0.481 e. The fraction of sp³-hybridized carbons (Fsp3) is 0.409. The van der Waals surface area contributed by atoms with Crippen LogP contribution in [0.2, 0.25) is 0 Å². The fourth-order valence-corrected chi connectivity index (χ4v) is 4.74. The zero-order chi connectivity index (χ0) is 24.0. The Balaban J connectivity index is 1.73. The first kappa shape index (κ1) is 24.6. The number of nitrogens with zero attached hydrogens (tertiary/aromatic N) is 2. The van der Waals surface area contributed by atoms with Gasteiger partial charge in [-0.15, -0.1) is 0 Å². The van der Waals surface area contributed by atoms with Crippen LogP contribution in [0.1, 0.15) is 24.2 Å². The highest BCUT2D eigenvalue weighted by Crippen LogP contribution is 2.19. The van der Waals surface area contributed by atoms with Gasteiger partial charge in [0.2, 0.25) is 21.8 Å².